The summed E-state index contributed by atoms with van der Waals surface area (Å²) in [5.41, 5.74) is 0.748. The molecule has 1 N–H and O–H groups in total. The van der Waals surface area contributed by atoms with Gasteiger partial charge in [0.05, 0.1) is 39.5 Å². The molecule has 1 atom stereocenters. The highest BCUT2D eigenvalue weighted by Crippen LogP contribution is 2.31. The summed E-state index contributed by atoms with van der Waals surface area (Å²) in [6.45, 7) is 0. The van der Waals surface area contributed by atoms with E-state index in [1.807, 2.05) is 6.26 Å². The van der Waals surface area contributed by atoms with Gasteiger partial charge in [-0.05, 0) is 24.0 Å². The van der Waals surface area contributed by atoms with E-state index in [2.05, 4.69) is 5.32 Å². The summed E-state index contributed by atoms with van der Waals surface area (Å²) in [5.74, 6) is 0.901. The molecule has 1 rings (SSSR count). The maximum atomic E-state index is 11.8. The van der Waals surface area contributed by atoms with E-state index in [0.717, 1.165) is 5.56 Å². The number of thioether (sulfide) groups is 1. The smallest absolute Gasteiger partial charge is 0.307 e. The second-order valence-corrected chi connectivity index (χ2v) is 5.31. The molecule has 7 heteroatoms. The summed E-state index contributed by atoms with van der Waals surface area (Å²) in [4.78, 5) is 23.4. The number of methoxy groups -OCH3 is 3. The van der Waals surface area contributed by atoms with Gasteiger partial charge in [0.1, 0.15) is 0 Å². The number of hydrogen-bond donors (Lipinski definition) is 1. The molecule has 1 aromatic carbocycles. The first-order valence-corrected chi connectivity index (χ1v) is 8.02. The van der Waals surface area contributed by atoms with Crippen LogP contribution in [-0.2, 0) is 14.3 Å². The normalized spacial score (nSPS) is 11.5. The highest BCUT2D eigenvalue weighted by molar-refractivity contribution is 7.99. The molecule has 0 bridgehead atoms. The summed E-state index contributed by atoms with van der Waals surface area (Å²) < 4.78 is 15.1. The fraction of sp³-hybridized carbons (Fsp3) is 0.467. The molecule has 0 heterocycles. The highest BCUT2D eigenvalue weighted by Gasteiger charge is 2.20. The van der Waals surface area contributed by atoms with Crippen molar-refractivity contribution in [1.29, 1.82) is 0 Å². The van der Waals surface area contributed by atoms with E-state index in [0.29, 0.717) is 17.3 Å². The van der Waals surface area contributed by atoms with E-state index >= 15 is 0 Å². The second-order valence-electron chi connectivity index (χ2n) is 4.45. The third kappa shape index (κ3) is 5.14. The van der Waals surface area contributed by atoms with E-state index in [1.165, 1.54) is 26.0 Å². The van der Waals surface area contributed by atoms with Crippen LogP contribution in [0.2, 0.25) is 0 Å². The van der Waals surface area contributed by atoms with E-state index in [9.17, 15) is 9.59 Å². The van der Waals surface area contributed by atoms with Crippen LogP contribution in [0, 0.1) is 0 Å². The number of ether oxygens (including phenoxy) is 3. The molecule has 0 aliphatic carbocycles. The Labute approximate surface area is 134 Å². The van der Waals surface area contributed by atoms with Gasteiger partial charge >= 0.3 is 5.97 Å². The average Bonchev–Trinajstić information content (AvgIpc) is 2.53. The van der Waals surface area contributed by atoms with Crippen LogP contribution < -0.4 is 14.8 Å². The van der Waals surface area contributed by atoms with E-state index in [1.54, 1.807) is 25.3 Å². The molecule has 0 saturated heterocycles. The van der Waals surface area contributed by atoms with Crippen LogP contribution in [0.5, 0.6) is 11.5 Å². The van der Waals surface area contributed by atoms with Gasteiger partial charge in [0.25, 0.3) is 0 Å². The quantitative estimate of drug-likeness (QED) is 0.734. The minimum Gasteiger partial charge on any atom is -0.493 e. The van der Waals surface area contributed by atoms with Gasteiger partial charge in [0.15, 0.2) is 11.5 Å². The van der Waals surface area contributed by atoms with Crippen molar-refractivity contribution >= 4 is 23.6 Å². The molecule has 0 aliphatic rings. The van der Waals surface area contributed by atoms with Crippen LogP contribution in [0.1, 0.15) is 18.0 Å². The third-order valence-electron chi connectivity index (χ3n) is 3.02. The molecular formula is C15H21NO5S. The molecule has 0 fully saturated rings. The van der Waals surface area contributed by atoms with Crippen LogP contribution in [0.15, 0.2) is 18.2 Å². The number of amides is 1. The lowest BCUT2D eigenvalue weighted by Gasteiger charge is -2.19. The summed E-state index contributed by atoms with van der Waals surface area (Å²) in [7, 11) is 4.39. The molecule has 0 spiro atoms. The first-order valence-electron chi connectivity index (χ1n) is 6.62. The zero-order chi connectivity index (χ0) is 16.5. The number of rotatable bonds is 8. The van der Waals surface area contributed by atoms with E-state index < -0.39 is 12.0 Å². The third-order valence-corrected chi connectivity index (χ3v) is 3.57. The van der Waals surface area contributed by atoms with Crippen molar-refractivity contribution in [3.05, 3.63) is 23.8 Å². The number of benzene rings is 1. The monoisotopic (exact) mass is 327 g/mol. The van der Waals surface area contributed by atoms with Crippen LogP contribution in [0.25, 0.3) is 0 Å². The fourth-order valence-electron chi connectivity index (χ4n) is 1.94. The molecule has 122 valence electrons. The Kier molecular flexibility index (Phi) is 7.59. The second kappa shape index (κ2) is 9.19. The van der Waals surface area contributed by atoms with Crippen molar-refractivity contribution in [1.82, 2.24) is 5.32 Å². The summed E-state index contributed by atoms with van der Waals surface area (Å²) >= 11 is 1.41. The van der Waals surface area contributed by atoms with Crippen molar-refractivity contribution in [2.24, 2.45) is 0 Å². The van der Waals surface area contributed by atoms with Gasteiger partial charge in [-0.2, -0.15) is 11.8 Å². The molecule has 0 radical (unpaired) electrons. The standard InChI is InChI=1S/C15H21NO5S/c1-19-12-6-5-10(7-13(12)20-2)11(8-15(18)21-3)16-14(17)9-22-4/h5-7,11H,8-9H2,1-4H3,(H,16,17)/t11-/m1/s1. The Bertz CT molecular complexity index is 521. The lowest BCUT2D eigenvalue weighted by Crippen LogP contribution is -2.31. The SMILES string of the molecule is COC(=O)C[C@@H](NC(=O)CSC)c1ccc(OC)c(OC)c1. The number of hydrogen-bond acceptors (Lipinski definition) is 6. The zero-order valence-electron chi connectivity index (χ0n) is 13.2. The largest absolute Gasteiger partial charge is 0.493 e. The highest BCUT2D eigenvalue weighted by atomic mass is 32.2. The molecule has 22 heavy (non-hydrogen) atoms. The summed E-state index contributed by atoms with van der Waals surface area (Å²) in [5, 5.41) is 2.83. The van der Waals surface area contributed by atoms with Gasteiger partial charge in [-0.25, -0.2) is 0 Å². The van der Waals surface area contributed by atoms with E-state index in [-0.39, 0.29) is 12.3 Å². The molecule has 0 unspecified atom stereocenters. The fourth-order valence-corrected chi connectivity index (χ4v) is 2.28. The Morgan fingerprint density at radius 1 is 1.18 bits per heavy atom. The number of esters is 1. The van der Waals surface area contributed by atoms with Crippen LogP contribution in [-0.4, -0.2) is 45.2 Å². The van der Waals surface area contributed by atoms with Gasteiger partial charge < -0.3 is 19.5 Å². The number of carbonyl (C=O) groups is 2. The minimum atomic E-state index is -0.480. The lowest BCUT2D eigenvalue weighted by molar-refractivity contribution is -0.141. The molecule has 6 nitrogen and oxygen atoms in total. The molecule has 0 aliphatic heterocycles. The van der Waals surface area contributed by atoms with E-state index in [4.69, 9.17) is 14.2 Å². The minimum absolute atomic E-state index is 0.0477. The van der Waals surface area contributed by atoms with Crippen LogP contribution in [0.4, 0.5) is 0 Å². The van der Waals surface area contributed by atoms with Gasteiger partial charge in [-0.15, -0.1) is 0 Å². The first kappa shape index (κ1) is 18.2. The van der Waals surface area contributed by atoms with Crippen molar-refractivity contribution in [2.45, 2.75) is 12.5 Å². The first-order chi connectivity index (χ1) is 10.5. The molecular weight excluding hydrogens is 306 g/mol. The predicted molar refractivity (Wildman–Crippen MR) is 85.4 cm³/mol. The molecule has 0 saturated carbocycles. The van der Waals surface area contributed by atoms with Crippen molar-refractivity contribution in [3.8, 4) is 11.5 Å². The van der Waals surface area contributed by atoms with Crippen molar-refractivity contribution < 1.29 is 23.8 Å². The zero-order valence-corrected chi connectivity index (χ0v) is 14.0. The molecule has 1 amide bonds. The predicted octanol–water partition coefficient (Wildman–Crippen LogP) is 1.79. The van der Waals surface area contributed by atoms with Gasteiger partial charge in [-0.3, -0.25) is 9.59 Å². The topological polar surface area (TPSA) is 73.9 Å². The molecule has 0 aromatic heterocycles. The summed E-state index contributed by atoms with van der Waals surface area (Å²) in [6, 6.07) is 4.78. The molecule has 1 aromatic rings. The van der Waals surface area contributed by atoms with Gasteiger partial charge in [-0.1, -0.05) is 6.07 Å². The van der Waals surface area contributed by atoms with Gasteiger partial charge in [0.2, 0.25) is 5.91 Å². The Hall–Kier alpha value is -1.89. The maximum Gasteiger partial charge on any atom is 0.307 e. The van der Waals surface area contributed by atoms with Gasteiger partial charge in [0, 0.05) is 0 Å². The Morgan fingerprint density at radius 3 is 2.41 bits per heavy atom. The average molecular weight is 327 g/mol. The van der Waals surface area contributed by atoms with Crippen LogP contribution >= 0.6 is 11.8 Å². The lowest BCUT2D eigenvalue weighted by atomic mass is 10.0. The maximum absolute atomic E-state index is 11.8. The number of nitrogens with one attached hydrogen (secondary N) is 1. The Morgan fingerprint density at radius 2 is 1.86 bits per heavy atom. The van der Waals surface area contributed by atoms with Crippen LogP contribution in [0.3, 0.4) is 0 Å². The van der Waals surface area contributed by atoms with Crippen molar-refractivity contribution in [2.75, 3.05) is 33.3 Å². The van der Waals surface area contributed by atoms with Crippen molar-refractivity contribution in [3.63, 3.8) is 0 Å². The Balaban J connectivity index is 3.03. The summed E-state index contributed by atoms with van der Waals surface area (Å²) in [6.07, 6.45) is 1.89. The number of carbonyl (C=O) groups excluding carboxylic acids is 2.